The largest absolute Gasteiger partial charge is 0.495 e. The van der Waals surface area contributed by atoms with E-state index in [0.29, 0.717) is 42.7 Å². The molecule has 1 aromatic rings. The third-order valence-corrected chi connectivity index (χ3v) is 3.17. The van der Waals surface area contributed by atoms with E-state index in [-0.39, 0.29) is 18.4 Å². The Morgan fingerprint density at radius 1 is 1.29 bits per heavy atom. The molecule has 0 bridgehead atoms. The van der Waals surface area contributed by atoms with Crippen LogP contribution in [0.15, 0.2) is 18.2 Å². The van der Waals surface area contributed by atoms with Crippen LogP contribution in [0.2, 0.25) is 0 Å². The van der Waals surface area contributed by atoms with Gasteiger partial charge in [0.15, 0.2) is 0 Å². The molecular formula is C16H17NO4. The summed E-state index contributed by atoms with van der Waals surface area (Å²) in [6.45, 7) is -0.000884. The van der Waals surface area contributed by atoms with Crippen LogP contribution in [-0.2, 0) is 9.59 Å². The van der Waals surface area contributed by atoms with Gasteiger partial charge in [-0.3, -0.25) is 9.59 Å². The summed E-state index contributed by atoms with van der Waals surface area (Å²) in [5, 5.41) is 8.73. The van der Waals surface area contributed by atoms with Crippen LogP contribution in [0.25, 0.3) is 0 Å². The number of amides is 2. The second-order valence-corrected chi connectivity index (χ2v) is 4.64. The summed E-state index contributed by atoms with van der Waals surface area (Å²) >= 11 is 0. The van der Waals surface area contributed by atoms with Crippen LogP contribution in [0.3, 0.4) is 0 Å². The van der Waals surface area contributed by atoms with Gasteiger partial charge in [-0.15, -0.1) is 0 Å². The van der Waals surface area contributed by atoms with Crippen molar-refractivity contribution in [2.75, 3.05) is 18.6 Å². The van der Waals surface area contributed by atoms with E-state index in [2.05, 4.69) is 11.8 Å². The molecule has 0 unspecified atom stereocenters. The highest BCUT2D eigenvalue weighted by molar-refractivity contribution is 6.17. The SMILES string of the molecule is COc1ccc(C#CCCO)cc1N1C(=O)CCCC1=O. The molecule has 2 rings (SSSR count). The molecule has 2 amide bonds. The molecule has 1 N–H and O–H groups in total. The third kappa shape index (κ3) is 3.41. The number of hydrogen-bond donors (Lipinski definition) is 1. The van der Waals surface area contributed by atoms with E-state index in [9.17, 15) is 9.59 Å². The van der Waals surface area contributed by atoms with Gasteiger partial charge in [-0.1, -0.05) is 11.8 Å². The van der Waals surface area contributed by atoms with Crippen molar-refractivity contribution in [3.05, 3.63) is 23.8 Å². The van der Waals surface area contributed by atoms with Crippen molar-refractivity contribution in [2.45, 2.75) is 25.7 Å². The maximum atomic E-state index is 12.0. The lowest BCUT2D eigenvalue weighted by Gasteiger charge is -2.26. The van der Waals surface area contributed by atoms with E-state index in [0.717, 1.165) is 0 Å². The first-order chi connectivity index (χ1) is 10.2. The van der Waals surface area contributed by atoms with Gasteiger partial charge in [0, 0.05) is 24.8 Å². The van der Waals surface area contributed by atoms with Crippen LogP contribution in [0.1, 0.15) is 31.2 Å². The molecule has 21 heavy (non-hydrogen) atoms. The number of carbonyl (C=O) groups is 2. The lowest BCUT2D eigenvalue weighted by atomic mass is 10.1. The Morgan fingerprint density at radius 3 is 2.62 bits per heavy atom. The molecule has 1 aromatic carbocycles. The number of anilines is 1. The van der Waals surface area contributed by atoms with E-state index in [1.165, 1.54) is 12.0 Å². The minimum Gasteiger partial charge on any atom is -0.495 e. The molecule has 1 heterocycles. The topological polar surface area (TPSA) is 66.8 Å². The number of aliphatic hydroxyl groups excluding tert-OH is 1. The molecule has 110 valence electrons. The fourth-order valence-corrected chi connectivity index (χ4v) is 2.19. The van der Waals surface area contributed by atoms with Gasteiger partial charge < -0.3 is 9.84 Å². The van der Waals surface area contributed by atoms with Crippen molar-refractivity contribution in [1.29, 1.82) is 0 Å². The average Bonchev–Trinajstić information content (AvgIpc) is 2.48. The summed E-state index contributed by atoms with van der Waals surface area (Å²) in [5.74, 6) is 5.73. The Bertz CT molecular complexity index is 596. The van der Waals surface area contributed by atoms with Crippen LogP contribution in [0, 0.1) is 11.8 Å². The Kier molecular flexibility index (Phi) is 4.96. The van der Waals surface area contributed by atoms with Gasteiger partial charge in [0.05, 0.1) is 19.4 Å². The van der Waals surface area contributed by atoms with Gasteiger partial charge in [0.1, 0.15) is 5.75 Å². The fourth-order valence-electron chi connectivity index (χ4n) is 2.19. The summed E-state index contributed by atoms with van der Waals surface area (Å²) in [5.41, 5.74) is 1.11. The smallest absolute Gasteiger partial charge is 0.233 e. The Labute approximate surface area is 123 Å². The molecule has 1 saturated heterocycles. The molecule has 1 aliphatic rings. The zero-order valence-corrected chi connectivity index (χ0v) is 11.9. The van der Waals surface area contributed by atoms with E-state index in [1.54, 1.807) is 18.2 Å². The molecular weight excluding hydrogens is 270 g/mol. The highest BCUT2D eigenvalue weighted by Crippen LogP contribution is 2.32. The molecule has 0 radical (unpaired) electrons. The molecule has 1 aliphatic heterocycles. The molecule has 5 heteroatoms. The summed E-state index contributed by atoms with van der Waals surface area (Å²) in [6, 6.07) is 5.11. The quantitative estimate of drug-likeness (QED) is 0.675. The number of aliphatic hydroxyl groups is 1. The predicted molar refractivity (Wildman–Crippen MR) is 77.9 cm³/mol. The fraction of sp³-hybridized carbons (Fsp3) is 0.375. The van der Waals surface area contributed by atoms with E-state index in [4.69, 9.17) is 9.84 Å². The Balaban J connectivity index is 2.40. The minimum absolute atomic E-state index is 0.000884. The number of rotatable bonds is 3. The number of piperidine rings is 1. The molecule has 0 aliphatic carbocycles. The monoisotopic (exact) mass is 287 g/mol. The number of benzene rings is 1. The average molecular weight is 287 g/mol. The van der Waals surface area contributed by atoms with E-state index < -0.39 is 0 Å². The summed E-state index contributed by atoms with van der Waals surface area (Å²) in [7, 11) is 1.49. The van der Waals surface area contributed by atoms with E-state index in [1.807, 2.05) is 0 Å². The van der Waals surface area contributed by atoms with Gasteiger partial charge in [-0.05, 0) is 24.6 Å². The second kappa shape index (κ2) is 6.91. The highest BCUT2D eigenvalue weighted by atomic mass is 16.5. The molecule has 0 aromatic heterocycles. The highest BCUT2D eigenvalue weighted by Gasteiger charge is 2.29. The summed E-state index contributed by atoms with van der Waals surface area (Å²) in [4.78, 5) is 25.2. The molecule has 0 spiro atoms. The van der Waals surface area contributed by atoms with Crippen LogP contribution in [-0.4, -0.2) is 30.6 Å². The lowest BCUT2D eigenvalue weighted by molar-refractivity contribution is -0.129. The maximum absolute atomic E-state index is 12.0. The van der Waals surface area contributed by atoms with Crippen LogP contribution < -0.4 is 9.64 Å². The molecule has 0 saturated carbocycles. The zero-order valence-electron chi connectivity index (χ0n) is 11.9. The first-order valence-corrected chi connectivity index (χ1v) is 6.81. The van der Waals surface area contributed by atoms with Gasteiger partial charge in [0.2, 0.25) is 11.8 Å². The van der Waals surface area contributed by atoms with Gasteiger partial charge >= 0.3 is 0 Å². The summed E-state index contributed by atoms with van der Waals surface area (Å²) < 4.78 is 5.24. The van der Waals surface area contributed by atoms with Crippen molar-refractivity contribution in [3.63, 3.8) is 0 Å². The molecule has 5 nitrogen and oxygen atoms in total. The predicted octanol–water partition coefficient (Wildman–Crippen LogP) is 1.47. The second-order valence-electron chi connectivity index (χ2n) is 4.64. The van der Waals surface area contributed by atoms with Gasteiger partial charge in [-0.25, -0.2) is 4.90 Å². The van der Waals surface area contributed by atoms with Crippen molar-refractivity contribution >= 4 is 17.5 Å². The number of imide groups is 1. The zero-order chi connectivity index (χ0) is 15.2. The Morgan fingerprint density at radius 2 is 2.00 bits per heavy atom. The first kappa shape index (κ1) is 15.1. The normalized spacial score (nSPS) is 14.7. The minimum atomic E-state index is -0.218. The van der Waals surface area contributed by atoms with Crippen molar-refractivity contribution in [3.8, 4) is 17.6 Å². The standard InChI is InChI=1S/C16H17NO4/c1-21-14-9-8-12(5-2-3-10-18)11-13(14)17-15(19)6-4-7-16(17)20/h8-9,11,18H,3-4,6-7,10H2,1H3. The first-order valence-electron chi connectivity index (χ1n) is 6.81. The Hall–Kier alpha value is -2.32. The number of nitrogens with zero attached hydrogens (tertiary/aromatic N) is 1. The molecule has 0 atom stereocenters. The number of ether oxygens (including phenoxy) is 1. The molecule has 1 fully saturated rings. The number of hydrogen-bond acceptors (Lipinski definition) is 4. The number of methoxy groups -OCH3 is 1. The van der Waals surface area contributed by atoms with Crippen LogP contribution in [0.4, 0.5) is 5.69 Å². The van der Waals surface area contributed by atoms with Crippen LogP contribution >= 0.6 is 0 Å². The van der Waals surface area contributed by atoms with Crippen molar-refractivity contribution in [2.24, 2.45) is 0 Å². The maximum Gasteiger partial charge on any atom is 0.233 e. The van der Waals surface area contributed by atoms with Crippen molar-refractivity contribution < 1.29 is 19.4 Å². The van der Waals surface area contributed by atoms with E-state index >= 15 is 0 Å². The lowest BCUT2D eigenvalue weighted by Crippen LogP contribution is -2.40. The van der Waals surface area contributed by atoms with Gasteiger partial charge in [0.25, 0.3) is 0 Å². The summed E-state index contributed by atoms with van der Waals surface area (Å²) in [6.07, 6.45) is 1.68. The van der Waals surface area contributed by atoms with Gasteiger partial charge in [-0.2, -0.15) is 0 Å². The van der Waals surface area contributed by atoms with Crippen molar-refractivity contribution in [1.82, 2.24) is 0 Å². The number of carbonyl (C=O) groups excluding carboxylic acids is 2. The third-order valence-electron chi connectivity index (χ3n) is 3.17. The van der Waals surface area contributed by atoms with Crippen LogP contribution in [0.5, 0.6) is 5.75 Å².